The van der Waals surface area contributed by atoms with Crippen LogP contribution in [0.1, 0.15) is 16.1 Å². The van der Waals surface area contributed by atoms with Gasteiger partial charge in [-0.2, -0.15) is 0 Å². The fourth-order valence-electron chi connectivity index (χ4n) is 3.41. The van der Waals surface area contributed by atoms with E-state index in [1.54, 1.807) is 24.1 Å². The third kappa shape index (κ3) is 5.64. The lowest BCUT2D eigenvalue weighted by atomic mass is 10.2. The Bertz CT molecular complexity index is 1000. The largest absolute Gasteiger partial charge is 0.497 e. The summed E-state index contributed by atoms with van der Waals surface area (Å²) in [5.74, 6) is 0.739. The van der Waals surface area contributed by atoms with Gasteiger partial charge in [0.1, 0.15) is 5.75 Å². The Labute approximate surface area is 195 Å². The van der Waals surface area contributed by atoms with Crippen LogP contribution in [-0.4, -0.2) is 62.3 Å². The van der Waals surface area contributed by atoms with E-state index in [4.69, 9.17) is 26.1 Å². The van der Waals surface area contributed by atoms with E-state index in [1.165, 1.54) is 22.7 Å². The number of aromatic nitrogens is 1. The van der Waals surface area contributed by atoms with Gasteiger partial charge in [-0.05, 0) is 42.8 Å². The van der Waals surface area contributed by atoms with Gasteiger partial charge in [0.25, 0.3) is 5.91 Å². The summed E-state index contributed by atoms with van der Waals surface area (Å²) in [6.07, 6.45) is 0.863. The van der Waals surface area contributed by atoms with Crippen LogP contribution < -0.4 is 9.64 Å². The lowest BCUT2D eigenvalue weighted by Crippen LogP contribution is -2.39. The van der Waals surface area contributed by atoms with E-state index in [2.05, 4.69) is 4.90 Å². The zero-order chi connectivity index (χ0) is 21.6. The van der Waals surface area contributed by atoms with Crippen LogP contribution in [0.4, 0.5) is 5.13 Å². The Morgan fingerprint density at radius 3 is 2.68 bits per heavy atom. The second-order valence-electron chi connectivity index (χ2n) is 7.11. The maximum Gasteiger partial charge on any atom is 0.270 e. The maximum atomic E-state index is 13.3. The standard InChI is InChI=1S/C22H24ClN3O3S2/c1-28-17-5-3-16(4-6-17)18-15-30-22(24-18)26(21(27)19-7-8-20(23)31-19)10-2-9-25-11-13-29-14-12-25/h3-8,15H,2,9-14H2,1H3. The predicted molar refractivity (Wildman–Crippen MR) is 127 cm³/mol. The molecule has 1 aliphatic rings. The summed E-state index contributed by atoms with van der Waals surface area (Å²) < 4.78 is 11.3. The summed E-state index contributed by atoms with van der Waals surface area (Å²) in [6, 6.07) is 11.3. The van der Waals surface area contributed by atoms with Crippen LogP contribution in [0.3, 0.4) is 0 Å². The fourth-order valence-corrected chi connectivity index (χ4v) is 5.26. The second kappa shape index (κ2) is 10.6. The van der Waals surface area contributed by atoms with Gasteiger partial charge in [0.05, 0.1) is 35.2 Å². The van der Waals surface area contributed by atoms with Crippen molar-refractivity contribution >= 4 is 45.3 Å². The number of amides is 1. The molecule has 1 saturated heterocycles. The molecule has 31 heavy (non-hydrogen) atoms. The molecule has 0 radical (unpaired) electrons. The number of carbonyl (C=O) groups is 1. The Hall–Kier alpha value is -1.97. The van der Waals surface area contributed by atoms with Crippen LogP contribution in [0, 0.1) is 0 Å². The number of methoxy groups -OCH3 is 1. The van der Waals surface area contributed by atoms with Crippen molar-refractivity contribution in [1.82, 2.24) is 9.88 Å². The van der Waals surface area contributed by atoms with Crippen molar-refractivity contribution in [2.45, 2.75) is 6.42 Å². The van der Waals surface area contributed by atoms with Crippen molar-refractivity contribution < 1.29 is 14.3 Å². The van der Waals surface area contributed by atoms with Crippen LogP contribution in [0.2, 0.25) is 4.34 Å². The predicted octanol–water partition coefficient (Wildman–Crippen LogP) is 4.90. The monoisotopic (exact) mass is 477 g/mol. The molecule has 0 spiro atoms. The normalized spacial score (nSPS) is 14.5. The van der Waals surface area contributed by atoms with Crippen LogP contribution in [-0.2, 0) is 4.74 Å². The number of rotatable bonds is 8. The Kier molecular flexibility index (Phi) is 7.58. The first-order valence-electron chi connectivity index (χ1n) is 10.1. The highest BCUT2D eigenvalue weighted by molar-refractivity contribution is 7.18. The van der Waals surface area contributed by atoms with Gasteiger partial charge in [-0.1, -0.05) is 11.6 Å². The summed E-state index contributed by atoms with van der Waals surface area (Å²) in [6.45, 7) is 4.94. The Morgan fingerprint density at radius 1 is 1.23 bits per heavy atom. The van der Waals surface area contributed by atoms with E-state index in [-0.39, 0.29) is 5.91 Å². The third-order valence-electron chi connectivity index (χ3n) is 5.10. The minimum absolute atomic E-state index is 0.0606. The number of carbonyl (C=O) groups excluding carboxylic acids is 1. The number of hydrogen-bond donors (Lipinski definition) is 0. The Balaban J connectivity index is 1.51. The SMILES string of the molecule is COc1ccc(-c2csc(N(CCCN3CCOCC3)C(=O)c3ccc(Cl)s3)n2)cc1. The maximum absolute atomic E-state index is 13.3. The quantitative estimate of drug-likeness (QED) is 0.461. The van der Waals surface area contributed by atoms with Gasteiger partial charge in [-0.25, -0.2) is 4.98 Å². The molecule has 4 rings (SSSR count). The minimum atomic E-state index is -0.0606. The van der Waals surface area contributed by atoms with E-state index in [1.807, 2.05) is 29.6 Å². The second-order valence-corrected chi connectivity index (χ2v) is 9.66. The summed E-state index contributed by atoms with van der Waals surface area (Å²) in [4.78, 5) is 22.8. The van der Waals surface area contributed by atoms with Crippen LogP contribution in [0.5, 0.6) is 5.75 Å². The summed E-state index contributed by atoms with van der Waals surface area (Å²) in [7, 11) is 1.65. The fraction of sp³-hybridized carbons (Fsp3) is 0.364. The van der Waals surface area contributed by atoms with E-state index in [0.717, 1.165) is 56.3 Å². The molecule has 0 N–H and O–H groups in total. The number of thiazole rings is 1. The number of ether oxygens (including phenoxy) is 2. The lowest BCUT2D eigenvalue weighted by Gasteiger charge is -2.27. The molecule has 0 aliphatic carbocycles. The number of benzene rings is 1. The van der Waals surface area contributed by atoms with Gasteiger partial charge in [0.2, 0.25) is 0 Å². The van der Waals surface area contributed by atoms with Crippen LogP contribution in [0.25, 0.3) is 11.3 Å². The van der Waals surface area contributed by atoms with Gasteiger partial charge in [0.15, 0.2) is 5.13 Å². The van der Waals surface area contributed by atoms with Gasteiger partial charge < -0.3 is 9.47 Å². The van der Waals surface area contributed by atoms with Crippen molar-refractivity contribution in [2.24, 2.45) is 0 Å². The molecule has 1 aromatic carbocycles. The van der Waals surface area contributed by atoms with Crippen LogP contribution in [0.15, 0.2) is 41.8 Å². The molecule has 1 aliphatic heterocycles. The third-order valence-corrected chi connectivity index (χ3v) is 7.18. The molecule has 2 aromatic heterocycles. The average Bonchev–Trinajstić information content (AvgIpc) is 3.47. The highest BCUT2D eigenvalue weighted by Gasteiger charge is 2.23. The molecule has 0 unspecified atom stereocenters. The van der Waals surface area contributed by atoms with E-state index < -0.39 is 0 Å². The number of nitrogens with zero attached hydrogens (tertiary/aromatic N) is 3. The van der Waals surface area contributed by atoms with E-state index in [9.17, 15) is 4.79 Å². The molecule has 0 saturated carbocycles. The molecular weight excluding hydrogens is 454 g/mol. The smallest absolute Gasteiger partial charge is 0.270 e. The van der Waals surface area contributed by atoms with Crippen molar-refractivity contribution in [3.63, 3.8) is 0 Å². The topological polar surface area (TPSA) is 54.9 Å². The van der Waals surface area contributed by atoms with Crippen LogP contribution >= 0.6 is 34.3 Å². The van der Waals surface area contributed by atoms with Gasteiger partial charge in [-0.3, -0.25) is 14.6 Å². The summed E-state index contributed by atoms with van der Waals surface area (Å²) >= 11 is 8.85. The number of morpholine rings is 1. The molecular formula is C22H24ClN3O3S2. The highest BCUT2D eigenvalue weighted by atomic mass is 35.5. The molecule has 6 nitrogen and oxygen atoms in total. The molecule has 0 bridgehead atoms. The van der Waals surface area contributed by atoms with Crippen molar-refractivity contribution in [1.29, 1.82) is 0 Å². The first kappa shape index (κ1) is 22.2. The number of thiophene rings is 1. The number of anilines is 1. The van der Waals surface area contributed by atoms with Gasteiger partial charge in [-0.15, -0.1) is 22.7 Å². The van der Waals surface area contributed by atoms with E-state index >= 15 is 0 Å². The first-order chi connectivity index (χ1) is 15.1. The first-order valence-corrected chi connectivity index (χ1v) is 12.2. The molecule has 0 atom stereocenters. The average molecular weight is 478 g/mol. The zero-order valence-electron chi connectivity index (χ0n) is 17.3. The lowest BCUT2D eigenvalue weighted by molar-refractivity contribution is 0.0376. The summed E-state index contributed by atoms with van der Waals surface area (Å²) in [5.41, 5.74) is 1.83. The molecule has 164 valence electrons. The molecule has 3 heterocycles. The Morgan fingerprint density at radius 2 is 2.00 bits per heavy atom. The number of halogens is 1. The summed E-state index contributed by atoms with van der Waals surface area (Å²) in [5, 5.41) is 2.68. The minimum Gasteiger partial charge on any atom is -0.497 e. The van der Waals surface area contributed by atoms with Crippen molar-refractivity contribution in [3.8, 4) is 17.0 Å². The van der Waals surface area contributed by atoms with Crippen molar-refractivity contribution in [2.75, 3.05) is 51.4 Å². The van der Waals surface area contributed by atoms with Gasteiger partial charge >= 0.3 is 0 Å². The molecule has 9 heteroatoms. The van der Waals surface area contributed by atoms with E-state index in [0.29, 0.717) is 20.9 Å². The molecule has 3 aromatic rings. The molecule has 1 amide bonds. The number of hydrogen-bond acceptors (Lipinski definition) is 7. The molecule has 1 fully saturated rings. The van der Waals surface area contributed by atoms with Gasteiger partial charge in [0, 0.05) is 37.1 Å². The zero-order valence-corrected chi connectivity index (χ0v) is 19.6. The van der Waals surface area contributed by atoms with Crippen molar-refractivity contribution in [3.05, 3.63) is 51.0 Å². The highest BCUT2D eigenvalue weighted by Crippen LogP contribution is 2.31.